The monoisotopic (exact) mass is 702 g/mol. The van der Waals surface area contributed by atoms with Crippen molar-refractivity contribution in [3.63, 3.8) is 0 Å². The smallest absolute Gasteiger partial charge is 0.123 e. The summed E-state index contributed by atoms with van der Waals surface area (Å²) < 4.78 is 59.7. The summed E-state index contributed by atoms with van der Waals surface area (Å²) in [7, 11) is 0. The zero-order chi connectivity index (χ0) is 36.2. The van der Waals surface area contributed by atoms with Crippen molar-refractivity contribution in [1.29, 1.82) is 0 Å². The fourth-order valence-corrected chi connectivity index (χ4v) is 9.15. The minimum atomic E-state index is -0.332. The molecule has 0 heterocycles. The lowest BCUT2D eigenvalue weighted by molar-refractivity contribution is 0.628. The molecule has 0 fully saturated rings. The minimum Gasteiger partial charge on any atom is -0.207 e. The molecule has 2 aliphatic rings. The van der Waals surface area contributed by atoms with Crippen LogP contribution in [0.1, 0.15) is 0 Å². The van der Waals surface area contributed by atoms with Gasteiger partial charge in [0.15, 0.2) is 0 Å². The van der Waals surface area contributed by atoms with E-state index in [1.54, 1.807) is 48.5 Å². The molecule has 0 nitrogen and oxygen atoms in total. The van der Waals surface area contributed by atoms with Crippen molar-refractivity contribution in [3.05, 3.63) is 181 Å². The van der Waals surface area contributed by atoms with Crippen LogP contribution >= 0.6 is 0 Å². The molecule has 0 atom stereocenters. The van der Waals surface area contributed by atoms with Gasteiger partial charge in [0.05, 0.1) is 0 Å². The second-order valence-electron chi connectivity index (χ2n) is 14.1. The van der Waals surface area contributed by atoms with Gasteiger partial charge in [-0.2, -0.15) is 0 Å². The van der Waals surface area contributed by atoms with Gasteiger partial charge in [-0.25, -0.2) is 17.6 Å². The number of hydrogen-bond acceptors (Lipinski definition) is 0. The highest BCUT2D eigenvalue weighted by molar-refractivity contribution is 6.33. The van der Waals surface area contributed by atoms with Crippen molar-refractivity contribution in [3.8, 4) is 89.0 Å². The van der Waals surface area contributed by atoms with Gasteiger partial charge in [-0.1, -0.05) is 109 Å². The van der Waals surface area contributed by atoms with Gasteiger partial charge >= 0.3 is 0 Å². The molecule has 0 radical (unpaired) electrons. The minimum absolute atomic E-state index is 0.330. The van der Waals surface area contributed by atoms with Crippen LogP contribution in [0.5, 0.6) is 0 Å². The number of benzene rings is 9. The summed E-state index contributed by atoms with van der Waals surface area (Å²) in [5.41, 5.74) is 14.4. The molecule has 0 aromatic heterocycles. The highest BCUT2D eigenvalue weighted by atomic mass is 19.1. The van der Waals surface area contributed by atoms with Crippen molar-refractivity contribution in [2.75, 3.05) is 0 Å². The van der Waals surface area contributed by atoms with Gasteiger partial charge in [0.2, 0.25) is 0 Å². The maximum absolute atomic E-state index is 15.1. The average Bonchev–Trinajstić information content (AvgIpc) is 3.69. The molecule has 254 valence electrons. The Morgan fingerprint density at radius 2 is 0.556 bits per heavy atom. The quantitative estimate of drug-likeness (QED) is 0.160. The lowest BCUT2D eigenvalue weighted by Crippen LogP contribution is -1.94. The molecule has 4 heteroatoms. The van der Waals surface area contributed by atoms with Crippen LogP contribution in [0.3, 0.4) is 0 Å². The third-order valence-electron chi connectivity index (χ3n) is 11.2. The zero-order valence-electron chi connectivity index (χ0n) is 28.5. The number of fused-ring (bicyclic) bond motifs is 7. The van der Waals surface area contributed by atoms with Crippen LogP contribution in [0.4, 0.5) is 17.6 Å². The molecular weight excluding hydrogens is 677 g/mol. The Morgan fingerprint density at radius 3 is 0.926 bits per heavy atom. The van der Waals surface area contributed by atoms with Crippen molar-refractivity contribution >= 4 is 21.5 Å². The van der Waals surface area contributed by atoms with Crippen LogP contribution in [0.2, 0.25) is 0 Å². The average molecular weight is 703 g/mol. The Kier molecular flexibility index (Phi) is 6.48. The van der Waals surface area contributed by atoms with Crippen molar-refractivity contribution < 1.29 is 17.6 Å². The molecule has 2 aliphatic carbocycles. The first-order valence-electron chi connectivity index (χ1n) is 17.9. The lowest BCUT2D eigenvalue weighted by Gasteiger charge is -2.20. The van der Waals surface area contributed by atoms with Crippen molar-refractivity contribution in [2.45, 2.75) is 0 Å². The van der Waals surface area contributed by atoms with E-state index in [-0.39, 0.29) is 23.3 Å². The Morgan fingerprint density at radius 1 is 0.241 bits per heavy atom. The third kappa shape index (κ3) is 4.31. The summed E-state index contributed by atoms with van der Waals surface area (Å²) in [6.45, 7) is 0. The van der Waals surface area contributed by atoms with E-state index in [1.807, 2.05) is 48.5 Å². The maximum Gasteiger partial charge on any atom is 0.123 e. The molecule has 11 rings (SSSR count). The molecule has 0 bridgehead atoms. The Balaban J connectivity index is 1.30. The summed E-state index contributed by atoms with van der Waals surface area (Å²) in [6, 6.07) is 47.3. The van der Waals surface area contributed by atoms with Gasteiger partial charge in [-0.05, 0) is 159 Å². The van der Waals surface area contributed by atoms with E-state index in [9.17, 15) is 8.78 Å². The predicted molar refractivity (Wildman–Crippen MR) is 212 cm³/mol. The summed E-state index contributed by atoms with van der Waals surface area (Å²) in [6.07, 6.45) is 0. The number of rotatable bonds is 4. The molecule has 54 heavy (non-hydrogen) atoms. The van der Waals surface area contributed by atoms with Gasteiger partial charge in [-0.3, -0.25) is 0 Å². The summed E-state index contributed by atoms with van der Waals surface area (Å²) in [4.78, 5) is 0. The molecule has 0 unspecified atom stereocenters. The summed E-state index contributed by atoms with van der Waals surface area (Å²) in [5, 5.41) is 3.95. The normalized spacial score (nSPS) is 12.1. The van der Waals surface area contributed by atoms with Crippen LogP contribution in [0.25, 0.3) is 111 Å². The Bertz CT molecular complexity index is 2900. The third-order valence-corrected chi connectivity index (χ3v) is 11.2. The standard InChI is InChI=1S/C50H26F4/c51-31-11-3-7-27(23-31)35-17-18-36(28-8-4-12-32(52)24-28)46-40-20-22-42-48-41(21-19-39(45(35)46)47(40)48)49-43(29-9-5-13-33(53)25-29)37-15-1-2-16-38(37)44(50(42)49)30-10-6-14-34(54)26-30/h1-26H. The maximum atomic E-state index is 15.1. The van der Waals surface area contributed by atoms with Gasteiger partial charge in [0, 0.05) is 0 Å². The fraction of sp³-hybridized carbons (Fsp3) is 0. The predicted octanol–water partition coefficient (Wildman–Crippen LogP) is 14.5. The topological polar surface area (TPSA) is 0 Å². The van der Waals surface area contributed by atoms with Crippen LogP contribution in [-0.2, 0) is 0 Å². The molecule has 0 saturated carbocycles. The molecule has 0 amide bonds. The molecule has 0 saturated heterocycles. The van der Waals surface area contributed by atoms with E-state index in [1.165, 1.54) is 24.3 Å². The molecule has 0 aliphatic heterocycles. The Labute approximate surface area is 308 Å². The number of hydrogen-bond donors (Lipinski definition) is 0. The number of halogens is 4. The first kappa shape index (κ1) is 30.8. The van der Waals surface area contributed by atoms with Crippen LogP contribution in [0.15, 0.2) is 158 Å². The SMILES string of the molecule is Fc1cccc(-c2ccc(-c3cccc(F)c3)c3c2-c2ccc4c5c(ccc-3c25)-c2c-4c(-c3cccc(F)c3)c3ccccc3c2-c2cccc(F)c2)c1. The van der Waals surface area contributed by atoms with E-state index in [4.69, 9.17) is 0 Å². The molecule has 0 spiro atoms. The molecular formula is C50H26F4. The Hall–Kier alpha value is -6.78. The first-order chi connectivity index (χ1) is 26.4. The fourth-order valence-electron chi connectivity index (χ4n) is 9.15. The van der Waals surface area contributed by atoms with E-state index >= 15 is 8.78 Å². The van der Waals surface area contributed by atoms with Crippen molar-refractivity contribution in [1.82, 2.24) is 0 Å². The van der Waals surface area contributed by atoms with E-state index in [0.717, 1.165) is 111 Å². The van der Waals surface area contributed by atoms with E-state index in [2.05, 4.69) is 36.4 Å². The lowest BCUT2D eigenvalue weighted by atomic mass is 9.82. The van der Waals surface area contributed by atoms with Gasteiger partial charge in [0.25, 0.3) is 0 Å². The largest absolute Gasteiger partial charge is 0.207 e. The molecule has 9 aromatic rings. The second-order valence-corrected chi connectivity index (χ2v) is 14.1. The highest BCUT2D eigenvalue weighted by Gasteiger charge is 2.36. The van der Waals surface area contributed by atoms with Gasteiger partial charge in [-0.15, -0.1) is 0 Å². The van der Waals surface area contributed by atoms with Crippen molar-refractivity contribution in [2.24, 2.45) is 0 Å². The van der Waals surface area contributed by atoms with E-state index in [0.29, 0.717) is 0 Å². The second kappa shape index (κ2) is 11.4. The zero-order valence-corrected chi connectivity index (χ0v) is 28.5. The molecule has 0 N–H and O–H groups in total. The summed E-state index contributed by atoms with van der Waals surface area (Å²) >= 11 is 0. The van der Waals surface area contributed by atoms with Gasteiger partial charge < -0.3 is 0 Å². The van der Waals surface area contributed by atoms with Crippen LogP contribution < -0.4 is 0 Å². The van der Waals surface area contributed by atoms with Gasteiger partial charge in [0.1, 0.15) is 23.3 Å². The molecule has 9 aromatic carbocycles. The summed E-state index contributed by atoms with van der Waals surface area (Å²) in [5.74, 6) is -1.32. The van der Waals surface area contributed by atoms with E-state index < -0.39 is 0 Å². The highest BCUT2D eigenvalue weighted by Crippen LogP contribution is 2.63. The van der Waals surface area contributed by atoms with Crippen LogP contribution in [0, 0.1) is 23.3 Å². The first-order valence-corrected chi connectivity index (χ1v) is 17.9. The van der Waals surface area contributed by atoms with Crippen LogP contribution in [-0.4, -0.2) is 0 Å².